The molecule has 2 aliphatic heterocycles. The Bertz CT molecular complexity index is 1470. The number of amides is 2. The number of hydrogen-bond donors (Lipinski definition) is 3. The van der Waals surface area contributed by atoms with Crippen molar-refractivity contribution in [2.24, 2.45) is 5.41 Å². The van der Waals surface area contributed by atoms with Gasteiger partial charge in [-0.05, 0) is 42.7 Å². The monoisotopic (exact) mass is 570 g/mol. The van der Waals surface area contributed by atoms with Crippen LogP contribution in [0.1, 0.15) is 63.8 Å². The Morgan fingerprint density at radius 2 is 1.81 bits per heavy atom. The number of aliphatic carboxylic acids is 1. The van der Waals surface area contributed by atoms with Crippen LogP contribution in [0.4, 0.5) is 4.79 Å². The second kappa shape index (κ2) is 12.2. The zero-order valence-corrected chi connectivity index (χ0v) is 24.3. The Balaban J connectivity index is 1.59. The smallest absolute Gasteiger partial charge is 0.407 e. The van der Waals surface area contributed by atoms with Crippen LogP contribution in [0, 0.1) is 5.41 Å². The van der Waals surface area contributed by atoms with Gasteiger partial charge in [-0.15, -0.1) is 0 Å². The number of cyclic esters (lactones) is 1. The average molecular weight is 571 g/mol. The number of rotatable bonds is 2. The number of carboxylic acids is 1. The number of aromatic nitrogens is 2. The van der Waals surface area contributed by atoms with E-state index in [4.69, 9.17) is 9.72 Å². The van der Waals surface area contributed by atoms with Crippen molar-refractivity contribution in [1.29, 1.82) is 0 Å². The van der Waals surface area contributed by atoms with Crippen LogP contribution >= 0.6 is 0 Å². The van der Waals surface area contributed by atoms with E-state index in [1.165, 1.54) is 4.90 Å². The number of imidazole rings is 1. The minimum Gasteiger partial charge on any atom is -0.480 e. The van der Waals surface area contributed by atoms with E-state index in [-0.39, 0.29) is 25.5 Å². The number of nitrogens with one attached hydrogen (secondary N) is 2. The lowest BCUT2D eigenvalue weighted by atomic mass is 9.85. The molecule has 1 fully saturated rings. The summed E-state index contributed by atoms with van der Waals surface area (Å²) in [6.45, 7) is 5.89. The lowest BCUT2D eigenvalue weighted by Gasteiger charge is -2.34. The van der Waals surface area contributed by atoms with Gasteiger partial charge in [-0.25, -0.2) is 14.6 Å². The van der Waals surface area contributed by atoms with Crippen LogP contribution in [0.15, 0.2) is 60.7 Å². The quantitative estimate of drug-likeness (QED) is 0.355. The molecule has 3 atom stereocenters. The van der Waals surface area contributed by atoms with Crippen LogP contribution in [-0.4, -0.2) is 63.2 Å². The molecule has 2 amide bonds. The number of benzene rings is 2. The molecule has 1 aromatic heterocycles. The first-order chi connectivity index (χ1) is 20.1. The zero-order chi connectivity index (χ0) is 29.9. The maximum absolute atomic E-state index is 13.9. The van der Waals surface area contributed by atoms with Gasteiger partial charge in [0.1, 0.15) is 17.9 Å². The maximum atomic E-state index is 13.9. The predicted octanol–water partition coefficient (Wildman–Crippen LogP) is 5.85. The standard InChI is InChI=1S/C33H38N4O5/c1-33(2,3)28-30(38)37-20-24(19-25(37)31(39)40)29-34-26(22-14-8-6-9-15-22)27(35-29)23-16-11-13-21(18-23)12-7-4-5-10-17-42-32(41)36-28/h6-9,11-16,18,24-25,28H,4-5,10,17,19-20H2,1-3H3,(H,34,35)(H,36,41)(H,39,40)/b12-7+/t24-,25+,28-/m1/s1. The van der Waals surface area contributed by atoms with Crippen molar-refractivity contribution in [1.82, 2.24) is 20.2 Å². The number of hydrogen-bond acceptors (Lipinski definition) is 5. The molecule has 9 heteroatoms. The second-order valence-electron chi connectivity index (χ2n) is 12.1. The highest BCUT2D eigenvalue weighted by molar-refractivity contribution is 5.90. The molecule has 2 aromatic carbocycles. The van der Waals surface area contributed by atoms with Crippen LogP contribution in [0.3, 0.4) is 0 Å². The van der Waals surface area contributed by atoms with E-state index in [0.29, 0.717) is 12.2 Å². The molecule has 2 aliphatic rings. The number of aromatic amines is 1. The van der Waals surface area contributed by atoms with Gasteiger partial charge in [-0.3, -0.25) is 4.79 Å². The molecule has 3 heterocycles. The first-order valence-corrected chi connectivity index (χ1v) is 14.5. The fourth-order valence-electron chi connectivity index (χ4n) is 5.63. The van der Waals surface area contributed by atoms with E-state index in [2.05, 4.69) is 28.5 Å². The number of H-pyrrole nitrogens is 1. The van der Waals surface area contributed by atoms with Crippen molar-refractivity contribution >= 4 is 24.0 Å². The Labute approximate surface area is 246 Å². The molecule has 0 aliphatic carbocycles. The highest BCUT2D eigenvalue weighted by Crippen LogP contribution is 2.37. The fourth-order valence-corrected chi connectivity index (χ4v) is 5.63. The molecule has 0 saturated carbocycles. The minimum atomic E-state index is -1.09. The number of ether oxygens (including phenoxy) is 1. The van der Waals surface area contributed by atoms with Gasteiger partial charge in [0.05, 0.1) is 18.0 Å². The van der Waals surface area contributed by atoms with Gasteiger partial charge in [0.25, 0.3) is 0 Å². The highest BCUT2D eigenvalue weighted by Gasteiger charge is 2.46. The van der Waals surface area contributed by atoms with Gasteiger partial charge in [0.2, 0.25) is 5.91 Å². The summed E-state index contributed by atoms with van der Waals surface area (Å²) in [4.78, 5) is 48.9. The van der Waals surface area contributed by atoms with E-state index in [9.17, 15) is 19.5 Å². The van der Waals surface area contributed by atoms with Gasteiger partial charge in [-0.1, -0.05) is 81.5 Å². The van der Waals surface area contributed by atoms with Gasteiger partial charge in [0, 0.05) is 23.6 Å². The van der Waals surface area contributed by atoms with E-state index >= 15 is 0 Å². The van der Waals surface area contributed by atoms with Crippen LogP contribution in [0.5, 0.6) is 0 Å². The molecule has 9 nitrogen and oxygen atoms in total. The molecule has 1 saturated heterocycles. The maximum Gasteiger partial charge on any atom is 0.407 e. The van der Waals surface area contributed by atoms with Crippen LogP contribution in [-0.2, 0) is 14.3 Å². The van der Waals surface area contributed by atoms with Crippen molar-refractivity contribution in [3.05, 3.63) is 72.1 Å². The molecule has 0 unspecified atom stereocenters. The summed E-state index contributed by atoms with van der Waals surface area (Å²) in [6, 6.07) is 16.0. The summed E-state index contributed by atoms with van der Waals surface area (Å²) in [5.41, 5.74) is 3.88. The summed E-state index contributed by atoms with van der Waals surface area (Å²) < 4.78 is 5.38. The first-order valence-electron chi connectivity index (χ1n) is 14.5. The molecular formula is C33H38N4O5. The van der Waals surface area contributed by atoms with Gasteiger partial charge >= 0.3 is 12.1 Å². The number of fused-ring (bicyclic) bond motifs is 8. The van der Waals surface area contributed by atoms with E-state index in [1.807, 2.05) is 69.3 Å². The van der Waals surface area contributed by atoms with Crippen molar-refractivity contribution in [3.8, 4) is 22.5 Å². The van der Waals surface area contributed by atoms with Crippen LogP contribution in [0.25, 0.3) is 28.6 Å². The highest BCUT2D eigenvalue weighted by atomic mass is 16.5. The molecule has 5 rings (SSSR count). The van der Waals surface area contributed by atoms with Crippen LogP contribution in [0.2, 0.25) is 0 Å². The molecule has 3 aromatic rings. The normalized spacial score (nSPS) is 22.6. The van der Waals surface area contributed by atoms with Gasteiger partial charge in [0.15, 0.2) is 0 Å². The Morgan fingerprint density at radius 3 is 2.55 bits per heavy atom. The summed E-state index contributed by atoms with van der Waals surface area (Å²) in [6.07, 6.45) is 6.05. The SMILES string of the molecule is CC(C)(C)[C@@H]1NC(=O)OCCCC/C=C/c2cccc(c2)-c2nc([nH]c2-c2ccccc2)[C@@H]2C[C@@H](C(=O)O)N(C2)C1=O. The molecule has 0 spiro atoms. The fraction of sp³-hybridized carbons (Fsp3) is 0.394. The molecule has 42 heavy (non-hydrogen) atoms. The molecule has 0 radical (unpaired) electrons. The van der Waals surface area contributed by atoms with Gasteiger partial charge in [-0.2, -0.15) is 0 Å². The number of carbonyl (C=O) groups is 3. The third-order valence-corrected chi connectivity index (χ3v) is 7.88. The molecule has 220 valence electrons. The number of carboxylic acid groups (broad SMARTS) is 1. The van der Waals surface area contributed by atoms with E-state index < -0.39 is 35.5 Å². The second-order valence-corrected chi connectivity index (χ2v) is 12.1. The molecule has 6 bridgehead atoms. The average Bonchev–Trinajstić information content (AvgIpc) is 3.60. The van der Waals surface area contributed by atoms with Crippen LogP contribution < -0.4 is 5.32 Å². The Morgan fingerprint density at radius 1 is 1.05 bits per heavy atom. The zero-order valence-electron chi connectivity index (χ0n) is 24.3. The summed E-state index contributed by atoms with van der Waals surface area (Å²) >= 11 is 0. The lowest BCUT2D eigenvalue weighted by Crippen LogP contribution is -2.56. The van der Waals surface area contributed by atoms with E-state index in [0.717, 1.165) is 40.9 Å². The lowest BCUT2D eigenvalue weighted by molar-refractivity contribution is -0.150. The third-order valence-electron chi connectivity index (χ3n) is 7.88. The Kier molecular flexibility index (Phi) is 8.47. The summed E-state index contributed by atoms with van der Waals surface area (Å²) in [5, 5.41) is 12.9. The Hall–Kier alpha value is -4.40. The van der Waals surface area contributed by atoms with Crippen molar-refractivity contribution in [2.75, 3.05) is 13.2 Å². The number of alkyl carbamates (subject to hydrolysis) is 1. The first kappa shape index (κ1) is 29.1. The summed E-state index contributed by atoms with van der Waals surface area (Å²) in [5.74, 6) is -1.25. The minimum absolute atomic E-state index is 0.156. The largest absolute Gasteiger partial charge is 0.480 e. The third kappa shape index (κ3) is 6.40. The number of allylic oxidation sites excluding steroid dienone is 1. The molecular weight excluding hydrogens is 532 g/mol. The summed E-state index contributed by atoms with van der Waals surface area (Å²) in [7, 11) is 0. The van der Waals surface area contributed by atoms with Crippen molar-refractivity contribution in [3.63, 3.8) is 0 Å². The van der Waals surface area contributed by atoms with Crippen molar-refractivity contribution < 1.29 is 24.2 Å². The number of nitrogens with zero attached hydrogens (tertiary/aromatic N) is 2. The van der Waals surface area contributed by atoms with E-state index in [1.54, 1.807) is 0 Å². The topological polar surface area (TPSA) is 125 Å². The number of carbonyl (C=O) groups excluding carboxylic acids is 2. The van der Waals surface area contributed by atoms with Crippen molar-refractivity contribution in [2.45, 2.75) is 64.5 Å². The predicted molar refractivity (Wildman–Crippen MR) is 161 cm³/mol. The molecule has 3 N–H and O–H groups in total. The van der Waals surface area contributed by atoms with Gasteiger partial charge < -0.3 is 25.0 Å².